The molecule has 30 heavy (non-hydrogen) atoms. The van der Waals surface area contributed by atoms with Gasteiger partial charge in [-0.1, -0.05) is 48.5 Å². The number of carbonyl (C=O) groups excluding carboxylic acids is 1. The van der Waals surface area contributed by atoms with Gasteiger partial charge in [0.15, 0.2) is 0 Å². The summed E-state index contributed by atoms with van der Waals surface area (Å²) in [5.74, 6) is -0.226. The van der Waals surface area contributed by atoms with Gasteiger partial charge < -0.3 is 5.32 Å². The number of rotatable bonds is 5. The van der Waals surface area contributed by atoms with Crippen molar-refractivity contribution >= 4 is 49.4 Å². The van der Waals surface area contributed by atoms with Crippen LogP contribution in [-0.2, 0) is 14.8 Å². The molecule has 0 aromatic heterocycles. The molecule has 0 bridgehead atoms. The predicted octanol–water partition coefficient (Wildman–Crippen LogP) is 4.26. The third-order valence-electron chi connectivity index (χ3n) is 4.66. The Bertz CT molecular complexity index is 1320. The Morgan fingerprint density at radius 1 is 0.867 bits per heavy atom. The molecular formula is C23H19N3O3S. The molecule has 1 amide bonds. The van der Waals surface area contributed by atoms with Gasteiger partial charge in [-0.3, -0.25) is 4.79 Å². The third-order valence-corrected chi connectivity index (χ3v) is 5.90. The van der Waals surface area contributed by atoms with Gasteiger partial charge in [0.1, 0.15) is 0 Å². The Morgan fingerprint density at radius 3 is 2.00 bits per heavy atom. The number of carbonyl (C=O) groups is 1. The fraction of sp³-hybridized carbons (Fsp3) is 0.0435. The van der Waals surface area contributed by atoms with E-state index in [-0.39, 0.29) is 10.8 Å². The summed E-state index contributed by atoms with van der Waals surface area (Å²) in [6, 6.07) is 23.8. The molecule has 6 nitrogen and oxygen atoms in total. The van der Waals surface area contributed by atoms with E-state index in [0.717, 1.165) is 27.1 Å². The number of anilines is 1. The molecule has 0 spiro atoms. The molecule has 0 aliphatic rings. The molecule has 0 fully saturated rings. The van der Waals surface area contributed by atoms with Gasteiger partial charge in [-0.05, 0) is 51.9 Å². The zero-order valence-electron chi connectivity index (χ0n) is 16.2. The van der Waals surface area contributed by atoms with Crippen LogP contribution in [-0.4, -0.2) is 20.5 Å². The van der Waals surface area contributed by atoms with E-state index in [4.69, 9.17) is 0 Å². The number of amides is 1. The van der Waals surface area contributed by atoms with Crippen LogP contribution in [0.25, 0.3) is 21.5 Å². The van der Waals surface area contributed by atoms with Crippen molar-refractivity contribution in [2.45, 2.75) is 11.8 Å². The molecule has 0 saturated carbocycles. The molecule has 2 N–H and O–H groups in total. The number of hydrogen-bond donors (Lipinski definition) is 2. The first-order chi connectivity index (χ1) is 14.4. The molecule has 0 aliphatic heterocycles. The SMILES string of the molecule is CC(=O)Nc1ccc(S(=O)(=O)NN=Cc2c3ccccc3cc3ccccc23)cc1. The lowest BCUT2D eigenvalue weighted by Gasteiger charge is -2.08. The molecule has 0 unspecified atom stereocenters. The molecular weight excluding hydrogens is 398 g/mol. The van der Waals surface area contributed by atoms with Crippen molar-refractivity contribution in [2.24, 2.45) is 5.10 Å². The van der Waals surface area contributed by atoms with Gasteiger partial charge in [-0.15, -0.1) is 0 Å². The summed E-state index contributed by atoms with van der Waals surface area (Å²) in [7, 11) is -3.84. The smallest absolute Gasteiger partial charge is 0.276 e. The lowest BCUT2D eigenvalue weighted by molar-refractivity contribution is -0.114. The molecule has 7 heteroatoms. The van der Waals surface area contributed by atoms with Crippen molar-refractivity contribution in [1.82, 2.24) is 4.83 Å². The second kappa shape index (κ2) is 7.96. The van der Waals surface area contributed by atoms with E-state index in [0.29, 0.717) is 5.69 Å². The average molecular weight is 417 g/mol. The van der Waals surface area contributed by atoms with E-state index < -0.39 is 10.0 Å². The summed E-state index contributed by atoms with van der Waals surface area (Å²) in [4.78, 5) is 13.4. The molecule has 0 heterocycles. The predicted molar refractivity (Wildman–Crippen MR) is 120 cm³/mol. The van der Waals surface area contributed by atoms with Crippen LogP contribution in [0.1, 0.15) is 12.5 Å². The van der Waals surface area contributed by atoms with Gasteiger partial charge in [-0.2, -0.15) is 13.5 Å². The monoisotopic (exact) mass is 417 g/mol. The van der Waals surface area contributed by atoms with Gasteiger partial charge in [-0.25, -0.2) is 4.83 Å². The molecule has 0 saturated heterocycles. The zero-order chi connectivity index (χ0) is 21.1. The van der Waals surface area contributed by atoms with E-state index in [9.17, 15) is 13.2 Å². The van der Waals surface area contributed by atoms with Gasteiger partial charge in [0.05, 0.1) is 11.1 Å². The van der Waals surface area contributed by atoms with Gasteiger partial charge in [0, 0.05) is 18.2 Å². The maximum absolute atomic E-state index is 12.6. The van der Waals surface area contributed by atoms with Crippen LogP contribution in [0.2, 0.25) is 0 Å². The Balaban J connectivity index is 1.65. The number of fused-ring (bicyclic) bond motifs is 2. The molecule has 0 atom stereocenters. The lowest BCUT2D eigenvalue weighted by Crippen LogP contribution is -2.18. The third kappa shape index (κ3) is 4.01. The largest absolute Gasteiger partial charge is 0.326 e. The fourth-order valence-electron chi connectivity index (χ4n) is 3.32. The summed E-state index contributed by atoms with van der Waals surface area (Å²) in [6.07, 6.45) is 1.54. The summed E-state index contributed by atoms with van der Waals surface area (Å²) in [6.45, 7) is 1.39. The van der Waals surface area contributed by atoms with Crippen molar-refractivity contribution in [3.8, 4) is 0 Å². The van der Waals surface area contributed by atoms with Crippen molar-refractivity contribution in [1.29, 1.82) is 0 Å². The van der Waals surface area contributed by atoms with E-state index >= 15 is 0 Å². The topological polar surface area (TPSA) is 87.6 Å². The van der Waals surface area contributed by atoms with Gasteiger partial charge in [0.2, 0.25) is 5.91 Å². The molecule has 0 aliphatic carbocycles. The highest BCUT2D eigenvalue weighted by atomic mass is 32.2. The first-order valence-electron chi connectivity index (χ1n) is 9.27. The highest BCUT2D eigenvalue weighted by Gasteiger charge is 2.13. The van der Waals surface area contributed by atoms with Crippen molar-refractivity contribution in [2.75, 3.05) is 5.32 Å². The number of nitrogens with zero attached hydrogens (tertiary/aromatic N) is 1. The summed E-state index contributed by atoms with van der Waals surface area (Å²) >= 11 is 0. The zero-order valence-corrected chi connectivity index (χ0v) is 17.0. The van der Waals surface area contributed by atoms with Crippen molar-refractivity contribution in [3.05, 3.63) is 84.4 Å². The minimum atomic E-state index is -3.84. The molecule has 0 radical (unpaired) electrons. The Labute approximate surface area is 174 Å². The lowest BCUT2D eigenvalue weighted by atomic mass is 9.97. The highest BCUT2D eigenvalue weighted by molar-refractivity contribution is 7.89. The summed E-state index contributed by atoms with van der Waals surface area (Å²) in [5, 5.41) is 10.7. The van der Waals surface area contributed by atoms with E-state index in [1.165, 1.54) is 37.4 Å². The van der Waals surface area contributed by atoms with Gasteiger partial charge >= 0.3 is 0 Å². The number of hydrogen-bond acceptors (Lipinski definition) is 4. The van der Waals surface area contributed by atoms with Crippen molar-refractivity contribution < 1.29 is 13.2 Å². The van der Waals surface area contributed by atoms with Crippen LogP contribution in [0.15, 0.2) is 88.9 Å². The normalized spacial score (nSPS) is 11.8. The van der Waals surface area contributed by atoms with Crippen LogP contribution >= 0.6 is 0 Å². The standard InChI is InChI=1S/C23H19N3O3S/c1-16(27)25-19-10-12-20(13-11-19)30(28,29)26-24-15-23-21-8-4-2-6-17(21)14-18-7-3-5-9-22(18)23/h2-15,26H,1H3,(H,25,27). The minimum absolute atomic E-state index is 0.0523. The number of benzene rings is 4. The first kappa shape index (κ1) is 19.6. The van der Waals surface area contributed by atoms with Gasteiger partial charge in [0.25, 0.3) is 10.0 Å². The van der Waals surface area contributed by atoms with E-state index in [2.05, 4.69) is 21.3 Å². The van der Waals surface area contributed by atoms with Crippen LogP contribution in [0.4, 0.5) is 5.69 Å². The van der Waals surface area contributed by atoms with Crippen LogP contribution < -0.4 is 10.1 Å². The van der Waals surface area contributed by atoms with Crippen LogP contribution in [0.5, 0.6) is 0 Å². The Morgan fingerprint density at radius 2 is 1.43 bits per heavy atom. The highest BCUT2D eigenvalue weighted by Crippen LogP contribution is 2.27. The molecule has 150 valence electrons. The second-order valence-corrected chi connectivity index (χ2v) is 8.45. The Kier molecular flexibility index (Phi) is 5.20. The second-order valence-electron chi connectivity index (χ2n) is 6.79. The van der Waals surface area contributed by atoms with E-state index in [1.807, 2.05) is 48.5 Å². The Hall–Kier alpha value is -3.71. The first-order valence-corrected chi connectivity index (χ1v) is 10.8. The maximum atomic E-state index is 12.6. The van der Waals surface area contributed by atoms with Crippen LogP contribution in [0, 0.1) is 0 Å². The van der Waals surface area contributed by atoms with E-state index in [1.54, 1.807) is 0 Å². The number of hydrazone groups is 1. The molecule has 4 rings (SSSR count). The number of sulfonamides is 1. The minimum Gasteiger partial charge on any atom is -0.326 e. The quantitative estimate of drug-likeness (QED) is 0.289. The van der Waals surface area contributed by atoms with Crippen LogP contribution in [0.3, 0.4) is 0 Å². The molecule has 4 aromatic rings. The van der Waals surface area contributed by atoms with Crippen molar-refractivity contribution in [3.63, 3.8) is 0 Å². The summed E-state index contributed by atoms with van der Waals surface area (Å²) in [5.41, 5.74) is 1.36. The maximum Gasteiger partial charge on any atom is 0.276 e. The summed E-state index contributed by atoms with van der Waals surface area (Å²) < 4.78 is 25.1. The fourth-order valence-corrected chi connectivity index (χ4v) is 4.11. The average Bonchev–Trinajstić information content (AvgIpc) is 2.73. The molecule has 4 aromatic carbocycles. The number of nitrogens with one attached hydrogen (secondary N) is 2.